The lowest BCUT2D eigenvalue weighted by Gasteiger charge is -2.12. The summed E-state index contributed by atoms with van der Waals surface area (Å²) in [5.74, 6) is -3.04. The van der Waals surface area contributed by atoms with Crippen LogP contribution in [-0.4, -0.2) is 14.3 Å². The van der Waals surface area contributed by atoms with E-state index in [-0.39, 0.29) is 21.8 Å². The Bertz CT molecular complexity index is 1180. The Kier molecular flexibility index (Phi) is 5.60. The van der Waals surface area contributed by atoms with E-state index in [9.17, 15) is 26.4 Å². The van der Waals surface area contributed by atoms with Crippen molar-refractivity contribution in [2.45, 2.75) is 11.8 Å². The molecule has 0 fully saturated rings. The topological polar surface area (TPSA) is 75.3 Å². The van der Waals surface area contributed by atoms with E-state index < -0.39 is 33.4 Å². The zero-order valence-electron chi connectivity index (χ0n) is 15.0. The van der Waals surface area contributed by atoms with Crippen LogP contribution < -0.4 is 10.0 Å². The highest BCUT2D eigenvalue weighted by atomic mass is 32.2. The maximum Gasteiger partial charge on any atom is 0.262 e. The minimum absolute atomic E-state index is 0.0428. The van der Waals surface area contributed by atoms with Crippen molar-refractivity contribution in [2.75, 3.05) is 10.0 Å². The van der Waals surface area contributed by atoms with Gasteiger partial charge in [0.05, 0.1) is 10.6 Å². The molecule has 5 nitrogen and oxygen atoms in total. The SMILES string of the molecule is Cc1ccc(C(=O)Nc2ccc(F)cc2F)cc1S(=O)(=O)Nc1ccc(F)cc1. The van der Waals surface area contributed by atoms with Crippen molar-refractivity contribution in [1.29, 1.82) is 0 Å². The molecule has 0 spiro atoms. The number of aryl methyl sites for hydroxylation is 1. The number of amides is 1. The highest BCUT2D eigenvalue weighted by molar-refractivity contribution is 7.92. The van der Waals surface area contributed by atoms with Crippen molar-refractivity contribution in [1.82, 2.24) is 0 Å². The second-order valence-corrected chi connectivity index (χ2v) is 7.82. The third-order valence-electron chi connectivity index (χ3n) is 4.02. The standard InChI is InChI=1S/C20H15F3N2O3S/c1-12-2-3-13(20(26)24-18-9-6-15(22)11-17(18)23)10-19(12)29(27,28)25-16-7-4-14(21)5-8-16/h2-11,25H,1H3,(H,24,26). The number of benzene rings is 3. The molecule has 9 heteroatoms. The molecule has 0 unspecified atom stereocenters. The highest BCUT2D eigenvalue weighted by Gasteiger charge is 2.20. The number of anilines is 2. The molecular weight excluding hydrogens is 405 g/mol. The van der Waals surface area contributed by atoms with Crippen molar-refractivity contribution < 1.29 is 26.4 Å². The van der Waals surface area contributed by atoms with Crippen LogP contribution in [-0.2, 0) is 10.0 Å². The monoisotopic (exact) mass is 420 g/mol. The summed E-state index contributed by atoms with van der Waals surface area (Å²) < 4.78 is 67.4. The Balaban J connectivity index is 1.88. The molecule has 3 rings (SSSR count). The van der Waals surface area contributed by atoms with Gasteiger partial charge in [-0.1, -0.05) is 6.07 Å². The van der Waals surface area contributed by atoms with Crippen molar-refractivity contribution in [3.05, 3.63) is 89.2 Å². The first kappa shape index (κ1) is 20.4. The smallest absolute Gasteiger partial charge is 0.262 e. The molecule has 2 N–H and O–H groups in total. The molecule has 0 heterocycles. The zero-order chi connectivity index (χ0) is 21.2. The van der Waals surface area contributed by atoms with Crippen molar-refractivity contribution >= 4 is 27.3 Å². The Morgan fingerprint density at radius 2 is 1.52 bits per heavy atom. The van der Waals surface area contributed by atoms with Gasteiger partial charge in [-0.05, 0) is 61.0 Å². The van der Waals surface area contributed by atoms with Crippen molar-refractivity contribution in [3.63, 3.8) is 0 Å². The van der Waals surface area contributed by atoms with Gasteiger partial charge in [-0.25, -0.2) is 21.6 Å². The van der Waals surface area contributed by atoms with Crippen LogP contribution in [0.3, 0.4) is 0 Å². The summed E-state index contributed by atoms with van der Waals surface area (Å²) in [6.07, 6.45) is 0. The third kappa shape index (κ3) is 4.75. The van der Waals surface area contributed by atoms with E-state index in [4.69, 9.17) is 0 Å². The molecule has 0 aliphatic rings. The number of sulfonamides is 1. The minimum atomic E-state index is -4.08. The predicted molar refractivity (Wildman–Crippen MR) is 103 cm³/mol. The lowest BCUT2D eigenvalue weighted by atomic mass is 10.1. The summed E-state index contributed by atoms with van der Waals surface area (Å²) in [6, 6.07) is 11.3. The molecule has 0 bridgehead atoms. The molecule has 3 aromatic carbocycles. The predicted octanol–water partition coefficient (Wildman–Crippen LogP) is 4.47. The minimum Gasteiger partial charge on any atom is -0.319 e. The van der Waals surface area contributed by atoms with Crippen LogP contribution in [0.5, 0.6) is 0 Å². The lowest BCUT2D eigenvalue weighted by Crippen LogP contribution is -2.17. The summed E-state index contributed by atoms with van der Waals surface area (Å²) in [5, 5.41) is 2.27. The Morgan fingerprint density at radius 1 is 0.862 bits per heavy atom. The number of hydrogen-bond acceptors (Lipinski definition) is 3. The van der Waals surface area contributed by atoms with Crippen LogP contribution in [0.15, 0.2) is 65.6 Å². The van der Waals surface area contributed by atoms with E-state index in [1.165, 1.54) is 24.3 Å². The first-order chi connectivity index (χ1) is 13.7. The molecule has 0 radical (unpaired) electrons. The molecule has 29 heavy (non-hydrogen) atoms. The van der Waals surface area contributed by atoms with Crippen LogP contribution in [0.4, 0.5) is 24.5 Å². The van der Waals surface area contributed by atoms with Gasteiger partial charge in [-0.15, -0.1) is 0 Å². The number of hydrogen-bond donors (Lipinski definition) is 2. The van der Waals surface area contributed by atoms with Gasteiger partial charge in [-0.3, -0.25) is 9.52 Å². The van der Waals surface area contributed by atoms with Crippen LogP contribution in [0.1, 0.15) is 15.9 Å². The largest absolute Gasteiger partial charge is 0.319 e. The number of rotatable bonds is 5. The molecule has 1 amide bonds. The Hall–Kier alpha value is -3.33. The van der Waals surface area contributed by atoms with Gasteiger partial charge in [0.25, 0.3) is 15.9 Å². The van der Waals surface area contributed by atoms with Gasteiger partial charge in [-0.2, -0.15) is 0 Å². The zero-order valence-corrected chi connectivity index (χ0v) is 15.9. The molecule has 0 aromatic heterocycles. The summed E-state index contributed by atoms with van der Waals surface area (Å²) in [7, 11) is -4.08. The van der Waals surface area contributed by atoms with E-state index in [1.54, 1.807) is 6.92 Å². The fraction of sp³-hybridized carbons (Fsp3) is 0.0500. The van der Waals surface area contributed by atoms with E-state index in [2.05, 4.69) is 10.0 Å². The summed E-state index contributed by atoms with van der Waals surface area (Å²) >= 11 is 0. The van der Waals surface area contributed by atoms with E-state index in [0.29, 0.717) is 11.6 Å². The van der Waals surface area contributed by atoms with Gasteiger partial charge < -0.3 is 5.32 Å². The van der Waals surface area contributed by atoms with Gasteiger partial charge >= 0.3 is 0 Å². The summed E-state index contributed by atoms with van der Waals surface area (Å²) in [6.45, 7) is 1.54. The fourth-order valence-corrected chi connectivity index (χ4v) is 3.87. The first-order valence-corrected chi connectivity index (χ1v) is 9.79. The van der Waals surface area contributed by atoms with E-state index in [1.807, 2.05) is 0 Å². The molecular formula is C20H15F3N2O3S. The molecule has 0 aliphatic heterocycles. The molecule has 3 aromatic rings. The average molecular weight is 420 g/mol. The maximum atomic E-state index is 13.7. The molecule has 0 atom stereocenters. The second-order valence-electron chi connectivity index (χ2n) is 6.17. The van der Waals surface area contributed by atoms with Crippen LogP contribution in [0, 0.1) is 24.4 Å². The molecule has 0 saturated heterocycles. The molecule has 150 valence electrons. The van der Waals surface area contributed by atoms with Crippen molar-refractivity contribution in [2.24, 2.45) is 0 Å². The highest BCUT2D eigenvalue weighted by Crippen LogP contribution is 2.22. The number of carbonyl (C=O) groups is 1. The third-order valence-corrected chi connectivity index (χ3v) is 5.54. The fourth-order valence-electron chi connectivity index (χ4n) is 2.54. The quantitative estimate of drug-likeness (QED) is 0.640. The number of nitrogens with one attached hydrogen (secondary N) is 2. The van der Waals surface area contributed by atoms with E-state index >= 15 is 0 Å². The van der Waals surface area contributed by atoms with Gasteiger partial charge in [0.1, 0.15) is 17.5 Å². The summed E-state index contributed by atoms with van der Waals surface area (Å²) in [5.41, 5.74) is 0.225. The Labute approximate surface area is 165 Å². The lowest BCUT2D eigenvalue weighted by molar-refractivity contribution is 0.102. The Morgan fingerprint density at radius 3 is 2.17 bits per heavy atom. The summed E-state index contributed by atoms with van der Waals surface area (Å²) in [4.78, 5) is 12.2. The van der Waals surface area contributed by atoms with Crippen LogP contribution in [0.2, 0.25) is 0 Å². The number of carbonyl (C=O) groups excluding carboxylic acids is 1. The van der Waals surface area contributed by atoms with Gasteiger partial charge in [0, 0.05) is 17.3 Å². The van der Waals surface area contributed by atoms with Gasteiger partial charge in [0.2, 0.25) is 0 Å². The molecule has 0 saturated carbocycles. The molecule has 0 aliphatic carbocycles. The second kappa shape index (κ2) is 7.96. The van der Waals surface area contributed by atoms with E-state index in [0.717, 1.165) is 30.3 Å². The van der Waals surface area contributed by atoms with Gasteiger partial charge in [0.15, 0.2) is 0 Å². The van der Waals surface area contributed by atoms with Crippen LogP contribution >= 0.6 is 0 Å². The normalized spacial score (nSPS) is 11.2. The van der Waals surface area contributed by atoms with Crippen LogP contribution in [0.25, 0.3) is 0 Å². The number of halogens is 3. The average Bonchev–Trinajstić information content (AvgIpc) is 2.66. The maximum absolute atomic E-state index is 13.7. The van der Waals surface area contributed by atoms with Crippen molar-refractivity contribution in [3.8, 4) is 0 Å². The first-order valence-electron chi connectivity index (χ1n) is 8.31.